The van der Waals surface area contributed by atoms with Crippen molar-refractivity contribution >= 4 is 38.4 Å². The molecule has 33 heteroatoms. The van der Waals surface area contributed by atoms with Gasteiger partial charge in [0.15, 0.2) is 0 Å². The van der Waals surface area contributed by atoms with E-state index in [-0.39, 0.29) is 0 Å². The van der Waals surface area contributed by atoms with Crippen molar-refractivity contribution in [2.45, 2.75) is 77.0 Å². The fraction of sp³-hybridized carbons (Fsp3) is 1.00. The minimum atomic E-state index is -12.5. The zero-order valence-corrected chi connectivity index (χ0v) is 30.8. The summed E-state index contributed by atoms with van der Waals surface area (Å²) < 4.78 is 377. The van der Waals surface area contributed by atoms with Crippen molar-refractivity contribution in [2.75, 3.05) is 39.9 Å². The third kappa shape index (κ3) is 7.09. The first-order valence-electron chi connectivity index (χ1n) is 12.8. The van der Waals surface area contributed by atoms with Crippen LogP contribution in [0.2, 0.25) is 0 Å². The Morgan fingerprint density at radius 3 is 0.585 bits per heavy atom. The fourth-order valence-electron chi connectivity index (χ4n) is 3.76. The van der Waals surface area contributed by atoms with Gasteiger partial charge in [-0.15, -0.1) is 0 Å². The molecule has 320 valence electrons. The van der Waals surface area contributed by atoms with Gasteiger partial charge in [0.2, 0.25) is 0 Å². The Balaban J connectivity index is 9.79. The van der Waals surface area contributed by atoms with Crippen molar-refractivity contribution < 1.29 is 130 Å². The molecule has 0 atom stereocenters. The van der Waals surface area contributed by atoms with Gasteiger partial charge in [0.05, 0.1) is 0 Å². The van der Waals surface area contributed by atoms with Gasteiger partial charge in [0, 0.05) is 0 Å². The van der Waals surface area contributed by atoms with Crippen molar-refractivity contribution in [1.82, 2.24) is 0 Å². The molecule has 0 aliphatic carbocycles. The number of rotatable bonds is 22. The molecule has 0 spiro atoms. The van der Waals surface area contributed by atoms with Crippen LogP contribution in [-0.4, -0.2) is 141 Å². The number of hydrogen-bond donors (Lipinski definition) is 0. The summed E-state index contributed by atoms with van der Waals surface area (Å²) in [5.74, 6) is -64.6. The summed E-state index contributed by atoms with van der Waals surface area (Å²) in [4.78, 5) is 0. The summed E-state index contributed by atoms with van der Waals surface area (Å²) in [6.45, 7) is -24.5. The van der Waals surface area contributed by atoms with Crippen LogP contribution in [-0.2, 0) is 7.56 Å². The van der Waals surface area contributed by atoms with Crippen molar-refractivity contribution in [3.63, 3.8) is 0 Å². The summed E-state index contributed by atoms with van der Waals surface area (Å²) >= 11 is -25.0. The van der Waals surface area contributed by atoms with Gasteiger partial charge in [-0.05, 0) is 0 Å². The zero-order valence-electron chi connectivity index (χ0n) is 25.1. The van der Waals surface area contributed by atoms with Crippen LogP contribution in [0.4, 0.5) is 123 Å². The molecule has 3 nitrogen and oxygen atoms in total. The molecule has 0 radical (unpaired) electrons. The standard InChI is InChI=1S/4C4H2F7.2C2H5O.O.2Sn/c4*5-1-3(8,9)4(10,11)2(6)7;2*1-2-3;;;/h4*1H2;2*2H2,1H3;;;/q;;;;2*-1;;2*+1. The molecular weight excluding hydrogens is 1060 g/mol. The van der Waals surface area contributed by atoms with Gasteiger partial charge in [-0.25, -0.2) is 0 Å². The van der Waals surface area contributed by atoms with E-state index in [4.69, 9.17) is 0 Å². The molecule has 0 heterocycles. The Labute approximate surface area is 285 Å². The topological polar surface area (TPSA) is 27.7 Å². The molecule has 0 saturated carbocycles. The summed E-state index contributed by atoms with van der Waals surface area (Å²) in [5.41, 5.74) is 0. The molecule has 0 amide bonds. The normalized spacial score (nSPS) is 16.4. The fourth-order valence-corrected chi connectivity index (χ4v) is 40.0. The van der Waals surface area contributed by atoms with Gasteiger partial charge in [-0.2, -0.15) is 0 Å². The Bertz CT molecular complexity index is 1070. The second kappa shape index (κ2) is 15.4. The van der Waals surface area contributed by atoms with E-state index >= 15 is 35.1 Å². The van der Waals surface area contributed by atoms with Crippen molar-refractivity contribution in [1.29, 1.82) is 0 Å². The van der Waals surface area contributed by atoms with Crippen molar-refractivity contribution in [2.24, 2.45) is 0 Å². The minimum absolute atomic E-state index is 0.441. The maximum atomic E-state index is 15.6. The van der Waals surface area contributed by atoms with Crippen LogP contribution in [0.1, 0.15) is 13.8 Å². The van der Waals surface area contributed by atoms with Gasteiger partial charge < -0.3 is 0 Å². The van der Waals surface area contributed by atoms with Gasteiger partial charge in [-0.1, -0.05) is 0 Å². The van der Waals surface area contributed by atoms with Crippen LogP contribution in [0.15, 0.2) is 0 Å². The summed E-state index contributed by atoms with van der Waals surface area (Å²) in [5, 5.41) is 0. The molecular formula is C20H18F28O3Sn2. The van der Waals surface area contributed by atoms with E-state index in [9.17, 15) is 87.8 Å². The monoisotopic (exact) mass is 1080 g/mol. The van der Waals surface area contributed by atoms with Crippen molar-refractivity contribution in [3.8, 4) is 0 Å². The van der Waals surface area contributed by atoms with Gasteiger partial charge in [0.25, 0.3) is 0 Å². The molecule has 0 aromatic rings. The second-order valence-electron chi connectivity index (χ2n) is 10.1. The average molecular weight is 1080 g/mol. The second-order valence-corrected chi connectivity index (χ2v) is 30.5. The van der Waals surface area contributed by atoms with E-state index in [0.29, 0.717) is 0 Å². The Morgan fingerprint density at radius 2 is 0.472 bits per heavy atom. The molecule has 0 saturated heterocycles. The Hall–Kier alpha value is -0.483. The van der Waals surface area contributed by atoms with Crippen LogP contribution in [0.25, 0.3) is 0 Å². The molecule has 0 N–H and O–H groups in total. The first-order valence-corrected chi connectivity index (χ1v) is 23.2. The van der Waals surface area contributed by atoms with E-state index in [0.717, 1.165) is 0 Å². The van der Waals surface area contributed by atoms with E-state index in [1.165, 1.54) is 0 Å². The molecule has 0 rings (SSSR count). The first-order chi connectivity index (χ1) is 23.1. The average Bonchev–Trinajstić information content (AvgIpc) is 3.02. The van der Waals surface area contributed by atoms with Gasteiger partial charge in [-0.3, -0.25) is 0 Å². The molecule has 0 aliphatic heterocycles. The first kappa shape index (κ1) is 52.5. The number of hydrogen-bond acceptors (Lipinski definition) is 3. The zero-order chi connectivity index (χ0) is 43.4. The van der Waals surface area contributed by atoms with E-state index < -0.39 is 155 Å². The predicted octanol–water partition coefficient (Wildman–Crippen LogP) is 9.62. The van der Waals surface area contributed by atoms with Crippen LogP contribution in [0, 0.1) is 0 Å². The van der Waals surface area contributed by atoms with Crippen LogP contribution >= 0.6 is 0 Å². The molecule has 0 unspecified atom stereocenters. The van der Waals surface area contributed by atoms with Crippen molar-refractivity contribution in [3.05, 3.63) is 0 Å². The predicted molar refractivity (Wildman–Crippen MR) is 119 cm³/mol. The van der Waals surface area contributed by atoms with Crippen LogP contribution < -0.4 is 0 Å². The Morgan fingerprint density at radius 1 is 0.321 bits per heavy atom. The van der Waals surface area contributed by atoms with Crippen LogP contribution in [0.5, 0.6) is 0 Å². The third-order valence-corrected chi connectivity index (χ3v) is 36.4. The molecule has 0 bridgehead atoms. The summed E-state index contributed by atoms with van der Waals surface area (Å²) in [6, 6.07) is 0. The summed E-state index contributed by atoms with van der Waals surface area (Å²) in [6.07, 6.45) is 0. The molecule has 0 fully saturated rings. The quantitative estimate of drug-likeness (QED) is 0.0800. The molecule has 0 aliphatic rings. The van der Waals surface area contributed by atoms with Gasteiger partial charge in [0.1, 0.15) is 0 Å². The Kier molecular flexibility index (Phi) is 15.2. The maximum absolute atomic E-state index is 15.6. The summed E-state index contributed by atoms with van der Waals surface area (Å²) in [7, 11) is 0. The van der Waals surface area contributed by atoms with Crippen LogP contribution in [0.3, 0.4) is 0 Å². The molecule has 53 heavy (non-hydrogen) atoms. The van der Waals surface area contributed by atoms with E-state index in [1.54, 1.807) is 0 Å². The third-order valence-electron chi connectivity index (χ3n) is 6.72. The van der Waals surface area contributed by atoms with E-state index in [1.807, 2.05) is 0 Å². The SMILES string of the molecule is CC[O][Sn]([O][Sn]([O]CC)([C](F)(F)C(F)(F)C(F)(F)CF)[C](F)(F)C(F)(F)C(F)(F)CF)([C](F)(F)C(F)(F)C(F)(F)CF)[C](F)(F)C(F)(F)C(F)(F)CF. The molecule has 0 aromatic heterocycles. The molecule has 0 aromatic carbocycles. The number of alkyl halides is 28. The number of halogens is 28. The van der Waals surface area contributed by atoms with E-state index in [2.05, 4.69) is 7.56 Å². The van der Waals surface area contributed by atoms with Gasteiger partial charge >= 0.3 is 286 Å².